The number of fused-ring (bicyclic) bond motifs is 2. The Morgan fingerprint density at radius 1 is 1.29 bits per heavy atom. The van der Waals surface area contributed by atoms with E-state index in [0.717, 1.165) is 40.7 Å². The normalized spacial score (nSPS) is 28.8. The average molecular weight is 603 g/mol. The lowest BCUT2D eigenvalue weighted by Crippen LogP contribution is -2.46. The van der Waals surface area contributed by atoms with Gasteiger partial charge in [0.15, 0.2) is 13.9 Å². The third-order valence-corrected chi connectivity index (χ3v) is 11.3. The first-order valence-corrected chi connectivity index (χ1v) is 17.1. The molecule has 2 amide bonds. The van der Waals surface area contributed by atoms with Gasteiger partial charge >= 0.3 is 0 Å². The monoisotopic (exact) mass is 601 g/mol. The Kier molecular flexibility index (Phi) is 7.58. The lowest BCUT2D eigenvalue weighted by atomic mass is 9.82. The van der Waals surface area contributed by atoms with Crippen LogP contribution in [0.1, 0.15) is 37.3 Å². The molecule has 38 heavy (non-hydrogen) atoms. The van der Waals surface area contributed by atoms with Gasteiger partial charge in [-0.3, -0.25) is 9.59 Å². The second kappa shape index (κ2) is 10.5. The summed E-state index contributed by atoms with van der Waals surface area (Å²) in [5.41, 5.74) is 1.68. The molecule has 0 saturated carbocycles. The van der Waals surface area contributed by atoms with Gasteiger partial charge in [-0.15, -0.1) is 0 Å². The van der Waals surface area contributed by atoms with E-state index in [9.17, 15) is 19.5 Å². The number of benzene rings is 2. The maximum absolute atomic E-state index is 14.4. The van der Waals surface area contributed by atoms with Crippen LogP contribution < -0.4 is 15.5 Å². The molecule has 0 aromatic heterocycles. The number of aliphatic hydroxyl groups excluding tert-OH is 1. The summed E-state index contributed by atoms with van der Waals surface area (Å²) in [5, 5.41) is 16.0. The molecular weight excluding hydrogens is 566 g/mol. The van der Waals surface area contributed by atoms with Crippen molar-refractivity contribution in [3.63, 3.8) is 0 Å². The first-order chi connectivity index (χ1) is 18.1. The molecule has 3 heterocycles. The first-order valence-electron chi connectivity index (χ1n) is 13.3. The second-order valence-corrected chi connectivity index (χ2v) is 16.2. The number of amides is 2. The van der Waals surface area contributed by atoms with Crippen molar-refractivity contribution in [2.75, 3.05) is 23.4 Å². The highest BCUT2D eigenvalue weighted by Crippen LogP contribution is 2.60. The number of halogens is 1. The summed E-state index contributed by atoms with van der Waals surface area (Å²) in [6.07, 6.45) is 1.76. The lowest BCUT2D eigenvalue weighted by Gasteiger charge is -2.32. The zero-order valence-electron chi connectivity index (χ0n) is 22.0. The molecule has 5 rings (SSSR count). The van der Waals surface area contributed by atoms with Gasteiger partial charge in [-0.05, 0) is 74.8 Å². The molecule has 0 radical (unpaired) electrons. The molecule has 1 spiro atoms. The van der Waals surface area contributed by atoms with Gasteiger partial charge in [0.05, 0.1) is 24.4 Å². The van der Waals surface area contributed by atoms with Crippen molar-refractivity contribution >= 4 is 47.4 Å². The Morgan fingerprint density at radius 2 is 2.08 bits per heavy atom. The van der Waals surface area contributed by atoms with E-state index in [0.29, 0.717) is 18.7 Å². The molecule has 8 nitrogen and oxygen atoms in total. The maximum Gasteiger partial charge on any atom is 0.264 e. The van der Waals surface area contributed by atoms with E-state index in [1.54, 1.807) is 4.90 Å². The largest absolute Gasteiger partial charge is 0.432 e. The SMILES string of the molecule is C[C@H]1[C@H]([Si](C)(C)O)[C@@H](CCO)O[C@]12C(=O)N(Cc1cccc(NC(=O)[C@H]3CCCN3)c1)c1ccc(Br)cc12. The van der Waals surface area contributed by atoms with Crippen LogP contribution in [0, 0.1) is 5.92 Å². The number of nitrogens with one attached hydrogen (secondary N) is 2. The summed E-state index contributed by atoms with van der Waals surface area (Å²) in [5.74, 6) is -0.483. The lowest BCUT2D eigenvalue weighted by molar-refractivity contribution is -0.146. The summed E-state index contributed by atoms with van der Waals surface area (Å²) in [7, 11) is -2.74. The highest BCUT2D eigenvalue weighted by atomic mass is 79.9. The minimum atomic E-state index is -2.74. The Balaban J connectivity index is 1.47. The quantitative estimate of drug-likeness (QED) is 0.359. The van der Waals surface area contributed by atoms with E-state index in [-0.39, 0.29) is 35.9 Å². The third-order valence-electron chi connectivity index (χ3n) is 8.27. The van der Waals surface area contributed by atoms with E-state index in [2.05, 4.69) is 26.6 Å². The smallest absolute Gasteiger partial charge is 0.264 e. The maximum atomic E-state index is 14.4. The van der Waals surface area contributed by atoms with Crippen LogP contribution in [0.3, 0.4) is 0 Å². The van der Waals surface area contributed by atoms with E-state index in [1.165, 1.54) is 0 Å². The summed E-state index contributed by atoms with van der Waals surface area (Å²) in [6, 6.07) is 13.2. The Morgan fingerprint density at radius 3 is 2.76 bits per heavy atom. The fraction of sp³-hybridized carbons (Fsp3) is 0.500. The number of anilines is 2. The van der Waals surface area contributed by atoms with Crippen LogP contribution in [0.2, 0.25) is 18.6 Å². The highest BCUT2D eigenvalue weighted by molar-refractivity contribution is 9.10. The first kappa shape index (κ1) is 27.5. The minimum Gasteiger partial charge on any atom is -0.432 e. The van der Waals surface area contributed by atoms with Gasteiger partial charge in [-0.25, -0.2) is 0 Å². The molecule has 2 fully saturated rings. The number of carbonyl (C=O) groups excluding carboxylic acids is 2. The van der Waals surface area contributed by atoms with E-state index in [1.807, 2.05) is 62.5 Å². The number of hydrogen-bond acceptors (Lipinski definition) is 6. The molecule has 3 aliphatic heterocycles. The van der Waals surface area contributed by atoms with E-state index in [4.69, 9.17) is 4.74 Å². The molecule has 0 bridgehead atoms. The van der Waals surface area contributed by atoms with Gasteiger partial charge in [-0.2, -0.15) is 0 Å². The molecule has 204 valence electrons. The zero-order valence-corrected chi connectivity index (χ0v) is 24.6. The fourth-order valence-electron chi connectivity index (χ4n) is 6.67. The average Bonchev–Trinajstić information content (AvgIpc) is 3.54. The van der Waals surface area contributed by atoms with Gasteiger partial charge in [0, 0.05) is 33.8 Å². The van der Waals surface area contributed by atoms with Crippen LogP contribution in [0.4, 0.5) is 11.4 Å². The van der Waals surface area contributed by atoms with Gasteiger partial charge in [-0.1, -0.05) is 35.0 Å². The minimum absolute atomic E-state index is 0.0454. The van der Waals surface area contributed by atoms with Crippen LogP contribution in [-0.4, -0.2) is 55.3 Å². The van der Waals surface area contributed by atoms with Crippen LogP contribution in [0.15, 0.2) is 46.9 Å². The van der Waals surface area contributed by atoms with Gasteiger partial charge in [0.2, 0.25) is 5.91 Å². The van der Waals surface area contributed by atoms with Crippen LogP contribution in [-0.2, 0) is 26.5 Å². The van der Waals surface area contributed by atoms with Crippen LogP contribution in [0.5, 0.6) is 0 Å². The van der Waals surface area contributed by atoms with Crippen molar-refractivity contribution in [3.05, 3.63) is 58.1 Å². The molecule has 2 aromatic carbocycles. The summed E-state index contributed by atoms with van der Waals surface area (Å²) in [4.78, 5) is 39.9. The summed E-state index contributed by atoms with van der Waals surface area (Å²) < 4.78 is 7.48. The number of rotatable bonds is 7. The summed E-state index contributed by atoms with van der Waals surface area (Å²) >= 11 is 3.57. The predicted octanol–water partition coefficient (Wildman–Crippen LogP) is 3.87. The second-order valence-electron chi connectivity index (χ2n) is 11.3. The molecule has 0 aliphatic carbocycles. The molecule has 3 aliphatic rings. The van der Waals surface area contributed by atoms with Gasteiger partial charge in [0.25, 0.3) is 5.91 Å². The number of aliphatic hydroxyl groups is 1. The third kappa shape index (κ3) is 4.75. The van der Waals surface area contributed by atoms with Crippen molar-refractivity contribution in [1.29, 1.82) is 0 Å². The molecule has 0 unspecified atom stereocenters. The molecule has 2 aromatic rings. The molecule has 10 heteroatoms. The van der Waals surface area contributed by atoms with Crippen molar-refractivity contribution in [2.24, 2.45) is 5.92 Å². The number of nitrogens with zero attached hydrogens (tertiary/aromatic N) is 1. The molecule has 4 N–H and O–H groups in total. The highest BCUT2D eigenvalue weighted by Gasteiger charge is 2.66. The Bertz CT molecular complexity index is 1230. The van der Waals surface area contributed by atoms with Crippen molar-refractivity contribution in [1.82, 2.24) is 5.32 Å². The topological polar surface area (TPSA) is 111 Å². The Hall–Kier alpha value is -2.08. The molecular formula is C28H36BrN3O5Si. The number of ether oxygens (including phenoxy) is 1. The van der Waals surface area contributed by atoms with Crippen molar-refractivity contribution < 1.29 is 24.2 Å². The number of carbonyl (C=O) groups is 2. The Labute approximate surface area is 233 Å². The predicted molar refractivity (Wildman–Crippen MR) is 152 cm³/mol. The van der Waals surface area contributed by atoms with Crippen molar-refractivity contribution in [2.45, 2.75) is 69.1 Å². The van der Waals surface area contributed by atoms with Gasteiger partial charge < -0.3 is 30.2 Å². The van der Waals surface area contributed by atoms with Crippen LogP contribution >= 0.6 is 15.9 Å². The molecule has 2 saturated heterocycles. The van der Waals surface area contributed by atoms with E-state index >= 15 is 0 Å². The fourth-order valence-corrected chi connectivity index (χ4v) is 9.64. The standard InChI is InChI=1S/C28H36BrN3O5Si/c1-17-25(38(2,3)36)24(11-13-33)37-28(17)21-15-19(29)9-10-23(21)32(27(28)35)16-18-6-4-7-20(14-18)31-26(34)22-8-5-12-30-22/h4,6-7,9-10,14-15,17,22,24-25,30,33,36H,5,8,11-13,16H2,1-3H3,(H,31,34)/t17-,22+,24+,25-,28+/m0/s1. The van der Waals surface area contributed by atoms with Gasteiger partial charge in [0.1, 0.15) is 0 Å². The van der Waals surface area contributed by atoms with E-state index < -0.39 is 20.0 Å². The molecule has 5 atom stereocenters. The summed E-state index contributed by atoms with van der Waals surface area (Å²) in [6.45, 7) is 6.83. The van der Waals surface area contributed by atoms with Crippen LogP contribution in [0.25, 0.3) is 0 Å². The zero-order chi connectivity index (χ0) is 27.2. The number of hydrogen-bond donors (Lipinski definition) is 4. The van der Waals surface area contributed by atoms with Crippen molar-refractivity contribution in [3.8, 4) is 0 Å².